The van der Waals surface area contributed by atoms with Gasteiger partial charge in [0.15, 0.2) is 0 Å². The Morgan fingerprint density at radius 1 is 1.50 bits per heavy atom. The van der Waals surface area contributed by atoms with Crippen LogP contribution in [0.3, 0.4) is 0 Å². The molecular weight excluding hydrogens is 180 g/mol. The highest BCUT2D eigenvalue weighted by Crippen LogP contribution is 2.13. The first-order chi connectivity index (χ1) is 6.52. The number of hydrogen-bond donors (Lipinski definition) is 0. The van der Waals surface area contributed by atoms with Crippen molar-refractivity contribution in [3.63, 3.8) is 0 Å². The van der Waals surface area contributed by atoms with Gasteiger partial charge in [-0.1, -0.05) is 6.58 Å². The van der Waals surface area contributed by atoms with Crippen LogP contribution in [0.15, 0.2) is 24.9 Å². The van der Waals surface area contributed by atoms with Crippen LogP contribution in [-0.2, 0) is 4.79 Å². The molecule has 0 fully saturated rings. The van der Waals surface area contributed by atoms with Crippen LogP contribution in [0.2, 0.25) is 0 Å². The van der Waals surface area contributed by atoms with E-state index in [9.17, 15) is 9.90 Å². The van der Waals surface area contributed by atoms with Gasteiger partial charge in [0, 0.05) is 25.9 Å². The molecule has 0 radical (unpaired) electrons. The summed E-state index contributed by atoms with van der Waals surface area (Å²) in [6.07, 6.45) is 1.47. The summed E-state index contributed by atoms with van der Waals surface area (Å²) in [5, 5.41) is 10.5. The molecule has 0 aromatic carbocycles. The number of anilines is 1. The maximum Gasteiger partial charge on any atom is 0.127 e. The highest BCUT2D eigenvalue weighted by molar-refractivity contribution is 6.13. The van der Waals surface area contributed by atoms with Crippen LogP contribution in [0.25, 0.3) is 5.57 Å². The summed E-state index contributed by atoms with van der Waals surface area (Å²) in [4.78, 5) is 16.4. The molecule has 0 atom stereocenters. The highest BCUT2D eigenvalue weighted by atomic mass is 16.4. The third-order valence-electron chi connectivity index (χ3n) is 1.80. The minimum Gasteiger partial charge on any atom is -0.545 e. The minimum atomic E-state index is -1.27. The Balaban J connectivity index is 2.94. The SMILES string of the molecule is C=C(C(=O)[O-])c1ccc(N(C)C)nc1. The molecule has 0 aliphatic heterocycles. The first-order valence-electron chi connectivity index (χ1n) is 4.06. The molecular formula is C10H11N2O2-. The number of carbonyl (C=O) groups is 1. The molecule has 1 aromatic rings. The van der Waals surface area contributed by atoms with Crippen molar-refractivity contribution in [2.45, 2.75) is 0 Å². The molecule has 1 aromatic heterocycles. The predicted octanol–water partition coefficient (Wildman–Crippen LogP) is -0.0893. The second-order valence-electron chi connectivity index (χ2n) is 3.07. The fraction of sp³-hybridized carbons (Fsp3) is 0.200. The summed E-state index contributed by atoms with van der Waals surface area (Å²) in [5.74, 6) is -0.510. The van der Waals surface area contributed by atoms with Crippen molar-refractivity contribution in [3.8, 4) is 0 Å². The first-order valence-corrected chi connectivity index (χ1v) is 4.06. The molecule has 0 N–H and O–H groups in total. The van der Waals surface area contributed by atoms with Crippen LogP contribution in [0.4, 0.5) is 5.82 Å². The van der Waals surface area contributed by atoms with Gasteiger partial charge >= 0.3 is 0 Å². The number of pyridine rings is 1. The van der Waals surface area contributed by atoms with E-state index in [4.69, 9.17) is 0 Å². The lowest BCUT2D eigenvalue weighted by molar-refractivity contribution is -0.295. The molecule has 0 unspecified atom stereocenters. The summed E-state index contributed by atoms with van der Waals surface area (Å²) in [6, 6.07) is 3.38. The van der Waals surface area contributed by atoms with Crippen molar-refractivity contribution in [1.82, 2.24) is 4.98 Å². The topological polar surface area (TPSA) is 56.3 Å². The normalized spacial score (nSPS) is 9.57. The van der Waals surface area contributed by atoms with E-state index >= 15 is 0 Å². The average molecular weight is 191 g/mol. The Morgan fingerprint density at radius 2 is 2.14 bits per heavy atom. The van der Waals surface area contributed by atoms with E-state index < -0.39 is 5.97 Å². The van der Waals surface area contributed by atoms with Crippen LogP contribution in [0, 0.1) is 0 Å². The maximum absolute atomic E-state index is 10.5. The van der Waals surface area contributed by atoms with Gasteiger partial charge in [0.1, 0.15) is 5.82 Å². The molecule has 0 aliphatic rings. The van der Waals surface area contributed by atoms with E-state index in [2.05, 4.69) is 11.6 Å². The molecule has 1 heterocycles. The van der Waals surface area contributed by atoms with Gasteiger partial charge in [-0.05, 0) is 17.7 Å². The largest absolute Gasteiger partial charge is 0.545 e. The van der Waals surface area contributed by atoms with Crippen LogP contribution in [0.1, 0.15) is 5.56 Å². The molecule has 0 amide bonds. The first kappa shape index (κ1) is 10.2. The number of rotatable bonds is 3. The Morgan fingerprint density at radius 3 is 2.50 bits per heavy atom. The van der Waals surface area contributed by atoms with Crippen molar-refractivity contribution in [1.29, 1.82) is 0 Å². The smallest absolute Gasteiger partial charge is 0.127 e. The number of carboxylic acid groups (broad SMARTS) is 1. The molecule has 0 aliphatic carbocycles. The molecule has 0 bridgehead atoms. The van der Waals surface area contributed by atoms with E-state index in [1.807, 2.05) is 19.0 Å². The monoisotopic (exact) mass is 191 g/mol. The molecule has 14 heavy (non-hydrogen) atoms. The van der Waals surface area contributed by atoms with Gasteiger partial charge < -0.3 is 14.8 Å². The van der Waals surface area contributed by atoms with Gasteiger partial charge in [-0.2, -0.15) is 0 Å². The fourth-order valence-corrected chi connectivity index (χ4v) is 0.947. The standard InChI is InChI=1S/C10H12N2O2/c1-7(10(13)14)8-4-5-9(11-6-8)12(2)3/h4-6H,1H2,2-3H3,(H,13,14)/p-1. The summed E-state index contributed by atoms with van der Waals surface area (Å²) in [7, 11) is 3.71. The third-order valence-corrected chi connectivity index (χ3v) is 1.80. The highest BCUT2D eigenvalue weighted by Gasteiger charge is 2.01. The molecule has 0 saturated carbocycles. The van der Waals surface area contributed by atoms with Gasteiger partial charge in [0.05, 0.1) is 5.97 Å². The Kier molecular flexibility index (Phi) is 2.86. The lowest BCUT2D eigenvalue weighted by Crippen LogP contribution is -2.23. The molecule has 74 valence electrons. The summed E-state index contributed by atoms with van der Waals surface area (Å²) in [5.41, 5.74) is 0.415. The Labute approximate surface area is 82.5 Å². The maximum atomic E-state index is 10.5. The lowest BCUT2D eigenvalue weighted by Gasteiger charge is -2.12. The van der Waals surface area contributed by atoms with Crippen molar-refractivity contribution in [3.05, 3.63) is 30.5 Å². The van der Waals surface area contributed by atoms with Gasteiger partial charge in [-0.3, -0.25) is 0 Å². The van der Waals surface area contributed by atoms with Crippen molar-refractivity contribution < 1.29 is 9.90 Å². The zero-order chi connectivity index (χ0) is 10.7. The average Bonchev–Trinajstić information content (AvgIpc) is 2.16. The molecule has 0 saturated heterocycles. The number of carbonyl (C=O) groups excluding carboxylic acids is 1. The van der Waals surface area contributed by atoms with Crippen molar-refractivity contribution >= 4 is 17.4 Å². The second-order valence-corrected chi connectivity index (χ2v) is 3.07. The van der Waals surface area contributed by atoms with E-state index in [1.54, 1.807) is 12.1 Å². The fourth-order valence-electron chi connectivity index (χ4n) is 0.947. The quantitative estimate of drug-likeness (QED) is 0.626. The number of aromatic nitrogens is 1. The molecule has 4 nitrogen and oxygen atoms in total. The van der Waals surface area contributed by atoms with Crippen molar-refractivity contribution in [2.75, 3.05) is 19.0 Å². The van der Waals surface area contributed by atoms with Crippen LogP contribution in [-0.4, -0.2) is 25.0 Å². The van der Waals surface area contributed by atoms with Gasteiger partial charge in [0.25, 0.3) is 0 Å². The lowest BCUT2D eigenvalue weighted by atomic mass is 10.1. The van der Waals surface area contributed by atoms with Gasteiger partial charge in [0.2, 0.25) is 0 Å². The summed E-state index contributed by atoms with van der Waals surface area (Å²) in [6.45, 7) is 3.38. The van der Waals surface area contributed by atoms with Gasteiger partial charge in [-0.25, -0.2) is 4.98 Å². The van der Waals surface area contributed by atoms with E-state index in [1.165, 1.54) is 6.20 Å². The third kappa shape index (κ3) is 2.10. The zero-order valence-corrected chi connectivity index (χ0v) is 8.15. The van der Waals surface area contributed by atoms with Crippen LogP contribution in [0.5, 0.6) is 0 Å². The zero-order valence-electron chi connectivity index (χ0n) is 8.15. The predicted molar refractivity (Wildman–Crippen MR) is 52.6 cm³/mol. The molecule has 0 spiro atoms. The second kappa shape index (κ2) is 3.91. The van der Waals surface area contributed by atoms with Crippen molar-refractivity contribution in [2.24, 2.45) is 0 Å². The Hall–Kier alpha value is -1.84. The van der Waals surface area contributed by atoms with E-state index in [-0.39, 0.29) is 5.57 Å². The number of hydrogen-bond acceptors (Lipinski definition) is 4. The minimum absolute atomic E-state index is 0.0530. The molecule has 1 rings (SSSR count). The van der Waals surface area contributed by atoms with E-state index in [0.717, 1.165) is 5.82 Å². The van der Waals surface area contributed by atoms with Crippen LogP contribution >= 0.6 is 0 Å². The molecule has 4 heteroatoms. The van der Waals surface area contributed by atoms with E-state index in [0.29, 0.717) is 5.56 Å². The summed E-state index contributed by atoms with van der Waals surface area (Å²) < 4.78 is 0. The van der Waals surface area contributed by atoms with Gasteiger partial charge in [-0.15, -0.1) is 0 Å². The number of carboxylic acids is 1. The Bertz CT molecular complexity index is 355. The number of aliphatic carboxylic acids is 1. The number of nitrogens with zero attached hydrogens (tertiary/aromatic N) is 2. The van der Waals surface area contributed by atoms with Crippen LogP contribution < -0.4 is 10.0 Å². The summed E-state index contributed by atoms with van der Waals surface area (Å²) >= 11 is 0.